The number of aryl methyl sites for hydroxylation is 1. The van der Waals surface area contributed by atoms with Crippen molar-refractivity contribution in [2.75, 3.05) is 11.5 Å². The van der Waals surface area contributed by atoms with Crippen LogP contribution in [0, 0.1) is 0 Å². The number of phenolic OH excluding ortho intramolecular Hbond substituents is 1. The van der Waals surface area contributed by atoms with Gasteiger partial charge < -0.3 is 26.6 Å². The molecule has 3 rings (SSSR count). The van der Waals surface area contributed by atoms with Crippen molar-refractivity contribution < 1.29 is 29.4 Å². The summed E-state index contributed by atoms with van der Waals surface area (Å²) >= 11 is 0. The summed E-state index contributed by atoms with van der Waals surface area (Å²) in [4.78, 5) is 50.0. The molecule has 1 fully saturated rings. The van der Waals surface area contributed by atoms with E-state index < -0.39 is 24.1 Å². The minimum absolute atomic E-state index is 0.0393. The number of carbonyl (C=O) groups is 4. The van der Waals surface area contributed by atoms with Gasteiger partial charge in [-0.3, -0.25) is 19.2 Å². The van der Waals surface area contributed by atoms with Crippen molar-refractivity contribution in [1.29, 1.82) is 0 Å². The Hall–Kier alpha value is -3.02. The number of aliphatic carboxylic acids is 1. The summed E-state index contributed by atoms with van der Waals surface area (Å²) in [5, 5.41) is 24.4. The Bertz CT molecular complexity index is 1130. The van der Waals surface area contributed by atoms with E-state index >= 15 is 0 Å². The normalized spacial score (nSPS) is 21.2. The Balaban J connectivity index is 1.70. The van der Waals surface area contributed by atoms with E-state index in [4.69, 9.17) is 10.8 Å². The molecule has 1 aliphatic heterocycles. The minimum atomic E-state index is -0.937. The Morgan fingerprint density at radius 2 is 1.71 bits per heavy atom. The summed E-state index contributed by atoms with van der Waals surface area (Å²) in [6, 6.07) is 11.7. The highest BCUT2D eigenvalue weighted by molar-refractivity contribution is 8.76. The standard InChI is InChI=1S/C27H33N3O6S2/c28-22-11-12-37-38-16-23(24(32)10-7-18-3-1-2-4-19(18)14-26(34)35)30-25(33)15-20(29-27(22)36)13-17-5-8-21(31)9-6-17/h1-6,8-9,20,22-23,31H,7,10-16,28H2,(H,29,36)(H,30,33)(H,34,35)/t20-,22-,23-/m0/s1. The molecular weight excluding hydrogens is 526 g/mol. The molecule has 1 saturated heterocycles. The van der Waals surface area contributed by atoms with Crippen LogP contribution in [0.3, 0.4) is 0 Å². The number of carboxylic acids is 1. The van der Waals surface area contributed by atoms with E-state index in [0.29, 0.717) is 36.3 Å². The molecule has 1 aliphatic rings. The van der Waals surface area contributed by atoms with Gasteiger partial charge in [-0.15, -0.1) is 0 Å². The first-order valence-electron chi connectivity index (χ1n) is 12.4. The predicted molar refractivity (Wildman–Crippen MR) is 149 cm³/mol. The molecule has 0 aromatic heterocycles. The third-order valence-corrected chi connectivity index (χ3v) is 8.63. The number of aromatic hydroxyl groups is 1. The number of nitrogens with one attached hydrogen (secondary N) is 2. The molecule has 2 aromatic carbocycles. The van der Waals surface area contributed by atoms with Gasteiger partial charge in [0.1, 0.15) is 5.75 Å². The molecule has 11 heteroatoms. The van der Waals surface area contributed by atoms with Crippen molar-refractivity contribution in [2.24, 2.45) is 5.73 Å². The van der Waals surface area contributed by atoms with E-state index in [2.05, 4.69) is 10.6 Å². The lowest BCUT2D eigenvalue weighted by molar-refractivity contribution is -0.136. The van der Waals surface area contributed by atoms with E-state index in [0.717, 1.165) is 11.1 Å². The molecule has 0 radical (unpaired) electrons. The van der Waals surface area contributed by atoms with Gasteiger partial charge in [0.2, 0.25) is 11.8 Å². The maximum atomic E-state index is 13.2. The Labute approximate surface area is 229 Å². The van der Waals surface area contributed by atoms with Crippen LogP contribution in [-0.4, -0.2) is 63.4 Å². The van der Waals surface area contributed by atoms with Gasteiger partial charge >= 0.3 is 5.97 Å². The number of hydrogen-bond donors (Lipinski definition) is 5. The zero-order chi connectivity index (χ0) is 27.5. The van der Waals surface area contributed by atoms with E-state index in [1.807, 2.05) is 12.1 Å². The summed E-state index contributed by atoms with van der Waals surface area (Å²) in [6.07, 6.45) is 1.19. The van der Waals surface area contributed by atoms with Crippen molar-refractivity contribution in [3.63, 3.8) is 0 Å². The lowest BCUT2D eigenvalue weighted by atomic mass is 9.97. The zero-order valence-electron chi connectivity index (χ0n) is 20.9. The minimum Gasteiger partial charge on any atom is -0.508 e. The van der Waals surface area contributed by atoms with Gasteiger partial charge in [0.15, 0.2) is 5.78 Å². The fraction of sp³-hybridized carbons (Fsp3) is 0.407. The lowest BCUT2D eigenvalue weighted by Gasteiger charge is -2.22. The number of Topliss-reactive ketones (excluding diaryl/α,β-unsaturated/α-hetero) is 1. The fourth-order valence-corrected chi connectivity index (χ4v) is 6.45. The second kappa shape index (κ2) is 14.8. The molecule has 204 valence electrons. The quantitative estimate of drug-likeness (QED) is 0.306. The molecule has 0 bridgehead atoms. The van der Waals surface area contributed by atoms with Crippen LogP contribution in [0.15, 0.2) is 48.5 Å². The largest absolute Gasteiger partial charge is 0.508 e. The number of carbonyl (C=O) groups excluding carboxylic acids is 3. The third-order valence-electron chi connectivity index (χ3n) is 6.19. The second-order valence-electron chi connectivity index (χ2n) is 9.21. The molecule has 1 heterocycles. The summed E-state index contributed by atoms with van der Waals surface area (Å²) in [5.74, 6) is -0.675. The van der Waals surface area contributed by atoms with Crippen LogP contribution in [0.4, 0.5) is 0 Å². The van der Waals surface area contributed by atoms with Crippen molar-refractivity contribution in [3.05, 3.63) is 65.2 Å². The number of amides is 2. The first kappa shape index (κ1) is 29.5. The van der Waals surface area contributed by atoms with E-state index in [1.54, 1.807) is 36.4 Å². The summed E-state index contributed by atoms with van der Waals surface area (Å²) < 4.78 is 0. The first-order valence-corrected chi connectivity index (χ1v) is 14.9. The van der Waals surface area contributed by atoms with E-state index in [1.165, 1.54) is 21.6 Å². The summed E-state index contributed by atoms with van der Waals surface area (Å²) in [6.45, 7) is 0. The molecule has 38 heavy (non-hydrogen) atoms. The molecule has 0 aliphatic carbocycles. The molecule has 0 saturated carbocycles. The molecule has 6 N–H and O–H groups in total. The van der Waals surface area contributed by atoms with E-state index in [9.17, 15) is 24.3 Å². The smallest absolute Gasteiger partial charge is 0.307 e. The summed E-state index contributed by atoms with van der Waals surface area (Å²) in [7, 11) is 2.94. The fourth-order valence-electron chi connectivity index (χ4n) is 4.14. The number of hydrogen-bond acceptors (Lipinski definition) is 8. The Kier molecular flexibility index (Phi) is 11.5. The van der Waals surface area contributed by atoms with Crippen molar-refractivity contribution in [2.45, 2.75) is 56.7 Å². The van der Waals surface area contributed by atoms with Crippen LogP contribution >= 0.6 is 21.6 Å². The van der Waals surface area contributed by atoms with Crippen LogP contribution in [0.2, 0.25) is 0 Å². The highest BCUT2D eigenvalue weighted by Gasteiger charge is 2.26. The van der Waals surface area contributed by atoms with Crippen molar-refractivity contribution >= 4 is 45.2 Å². The number of carboxylic acid groups (broad SMARTS) is 1. The number of nitrogens with two attached hydrogens (primary N) is 1. The molecule has 3 atom stereocenters. The summed E-state index contributed by atoms with van der Waals surface area (Å²) in [5.41, 5.74) is 8.36. The van der Waals surface area contributed by atoms with Gasteiger partial charge in [0.25, 0.3) is 0 Å². The number of rotatable bonds is 8. The van der Waals surface area contributed by atoms with Gasteiger partial charge in [-0.2, -0.15) is 0 Å². The second-order valence-corrected chi connectivity index (χ2v) is 11.8. The average Bonchev–Trinajstić information content (AvgIpc) is 2.88. The SMILES string of the molecule is N[C@H]1CCSSC[C@@H](C(=O)CCc2ccccc2CC(=O)O)NC(=O)C[C@H](Cc2ccc(O)cc2)NC1=O. The molecule has 2 aromatic rings. The lowest BCUT2D eigenvalue weighted by Crippen LogP contribution is -2.49. The zero-order valence-corrected chi connectivity index (χ0v) is 22.6. The van der Waals surface area contributed by atoms with Crippen LogP contribution in [0.1, 0.15) is 36.0 Å². The van der Waals surface area contributed by atoms with E-state index in [-0.39, 0.29) is 42.6 Å². The van der Waals surface area contributed by atoms with Crippen molar-refractivity contribution in [1.82, 2.24) is 10.6 Å². The monoisotopic (exact) mass is 559 g/mol. The van der Waals surface area contributed by atoms with Crippen LogP contribution in [-0.2, 0) is 38.4 Å². The van der Waals surface area contributed by atoms with Crippen molar-refractivity contribution in [3.8, 4) is 5.75 Å². The number of phenols is 1. The molecular formula is C27H33N3O6S2. The van der Waals surface area contributed by atoms with Crippen LogP contribution in [0.25, 0.3) is 0 Å². The van der Waals surface area contributed by atoms with Gasteiger partial charge in [-0.25, -0.2) is 0 Å². The maximum Gasteiger partial charge on any atom is 0.307 e. The Morgan fingerprint density at radius 1 is 1.00 bits per heavy atom. The third kappa shape index (κ3) is 9.70. The van der Waals surface area contributed by atoms with Gasteiger partial charge in [-0.05, 0) is 48.1 Å². The van der Waals surface area contributed by atoms with Crippen LogP contribution in [0.5, 0.6) is 5.75 Å². The predicted octanol–water partition coefficient (Wildman–Crippen LogP) is 2.24. The number of benzene rings is 2. The highest BCUT2D eigenvalue weighted by atomic mass is 33.1. The highest BCUT2D eigenvalue weighted by Crippen LogP contribution is 2.25. The molecule has 0 unspecified atom stereocenters. The first-order chi connectivity index (χ1) is 18.2. The Morgan fingerprint density at radius 3 is 2.42 bits per heavy atom. The molecule has 0 spiro atoms. The van der Waals surface area contributed by atoms with Crippen LogP contribution < -0.4 is 16.4 Å². The topological polar surface area (TPSA) is 159 Å². The molecule has 9 nitrogen and oxygen atoms in total. The van der Waals surface area contributed by atoms with Gasteiger partial charge in [0, 0.05) is 30.4 Å². The molecule has 2 amide bonds. The van der Waals surface area contributed by atoms with Gasteiger partial charge in [0.05, 0.1) is 18.5 Å². The average molecular weight is 560 g/mol. The van der Waals surface area contributed by atoms with Gasteiger partial charge in [-0.1, -0.05) is 58.0 Å². The maximum absolute atomic E-state index is 13.2. The number of ketones is 1.